The van der Waals surface area contributed by atoms with Crippen molar-refractivity contribution >= 4 is 40.4 Å². The van der Waals surface area contributed by atoms with Crippen molar-refractivity contribution in [2.24, 2.45) is 7.05 Å². The van der Waals surface area contributed by atoms with Gasteiger partial charge in [-0.3, -0.25) is 4.79 Å². The lowest BCUT2D eigenvalue weighted by Crippen LogP contribution is -2.03. The second-order valence-corrected chi connectivity index (χ2v) is 5.19. The first kappa shape index (κ1) is 14.1. The molecular formula is C12H14ClN3O2S. The molecule has 2 aromatic rings. The number of rotatable bonds is 4. The summed E-state index contributed by atoms with van der Waals surface area (Å²) in [4.78, 5) is 19.4. The first-order valence-corrected chi connectivity index (χ1v) is 7.32. The van der Waals surface area contributed by atoms with Gasteiger partial charge in [0.1, 0.15) is 10.8 Å². The van der Waals surface area contributed by atoms with Crippen LogP contribution in [0.2, 0.25) is 5.15 Å². The lowest BCUT2D eigenvalue weighted by Gasteiger charge is -2.02. The van der Waals surface area contributed by atoms with Gasteiger partial charge in [0, 0.05) is 26.6 Å². The molecule has 0 unspecified atom stereocenters. The third-order valence-electron chi connectivity index (χ3n) is 2.69. The summed E-state index contributed by atoms with van der Waals surface area (Å²) in [6.45, 7) is 1.72. The third-order valence-corrected chi connectivity index (χ3v) is 3.51. The van der Waals surface area contributed by atoms with Crippen LogP contribution in [0.25, 0.3) is 11.0 Å². The number of halogens is 1. The second-order valence-electron chi connectivity index (χ2n) is 4.06. The number of carbonyl (C=O) groups excluding carboxylic acids is 1. The van der Waals surface area contributed by atoms with E-state index in [1.807, 2.05) is 24.1 Å². The van der Waals surface area contributed by atoms with Gasteiger partial charge >= 0.3 is 5.97 Å². The van der Waals surface area contributed by atoms with E-state index >= 15 is 0 Å². The summed E-state index contributed by atoms with van der Waals surface area (Å²) in [5.41, 5.74) is 1.78. The van der Waals surface area contributed by atoms with Crippen LogP contribution in [0.1, 0.15) is 12.5 Å². The van der Waals surface area contributed by atoms with E-state index in [2.05, 4.69) is 9.97 Å². The Hall–Kier alpha value is -1.27. The van der Waals surface area contributed by atoms with E-state index in [0.717, 1.165) is 16.6 Å². The molecule has 7 heteroatoms. The Bertz CT molecular complexity index is 627. The molecule has 0 saturated heterocycles. The van der Waals surface area contributed by atoms with Crippen molar-refractivity contribution < 1.29 is 9.53 Å². The molecule has 0 fully saturated rings. The highest BCUT2D eigenvalue weighted by molar-refractivity contribution is 7.98. The van der Waals surface area contributed by atoms with Gasteiger partial charge in [-0.2, -0.15) is 0 Å². The molecule has 5 nitrogen and oxygen atoms in total. The summed E-state index contributed by atoms with van der Waals surface area (Å²) in [5, 5.41) is 1.91. The van der Waals surface area contributed by atoms with Crippen LogP contribution in [0.15, 0.2) is 11.4 Å². The van der Waals surface area contributed by atoms with Crippen LogP contribution >= 0.6 is 23.4 Å². The van der Waals surface area contributed by atoms with Gasteiger partial charge in [-0.05, 0) is 11.8 Å². The fraction of sp³-hybridized carbons (Fsp3) is 0.417. The standard InChI is InChI=1S/C12H14ClN3O2S/c1-7(17)18-5-4-8-6-16(2)11-9(8)10(13)14-12(15-11)19-3/h6H,4-5H2,1-3H3. The predicted octanol–water partition coefficient (Wildman–Crippen LogP) is 2.45. The SMILES string of the molecule is CSc1nc(Cl)c2c(CCOC(C)=O)cn(C)c2n1. The molecule has 2 heterocycles. The van der Waals surface area contributed by atoms with E-state index in [1.54, 1.807) is 0 Å². The molecule has 2 aromatic heterocycles. The average Bonchev–Trinajstić information content (AvgIpc) is 2.66. The van der Waals surface area contributed by atoms with Crippen LogP contribution in [-0.2, 0) is 23.0 Å². The molecule has 0 aliphatic heterocycles. The molecule has 0 radical (unpaired) electrons. The zero-order valence-electron chi connectivity index (χ0n) is 10.9. The first-order valence-electron chi connectivity index (χ1n) is 5.71. The number of thioether (sulfide) groups is 1. The molecular weight excluding hydrogens is 286 g/mol. The van der Waals surface area contributed by atoms with Gasteiger partial charge in [-0.1, -0.05) is 23.4 Å². The number of aryl methyl sites for hydroxylation is 1. The first-order chi connectivity index (χ1) is 9.02. The average molecular weight is 300 g/mol. The number of fused-ring (bicyclic) bond motifs is 1. The lowest BCUT2D eigenvalue weighted by atomic mass is 10.2. The second kappa shape index (κ2) is 5.79. The number of aromatic nitrogens is 3. The number of hydrogen-bond donors (Lipinski definition) is 0. The maximum Gasteiger partial charge on any atom is 0.302 e. The fourth-order valence-corrected chi connectivity index (χ4v) is 2.58. The van der Waals surface area contributed by atoms with Gasteiger partial charge in [0.25, 0.3) is 0 Å². The number of carbonyl (C=O) groups is 1. The van der Waals surface area contributed by atoms with Crippen molar-refractivity contribution in [3.8, 4) is 0 Å². The minimum atomic E-state index is -0.285. The molecule has 0 aromatic carbocycles. The molecule has 19 heavy (non-hydrogen) atoms. The molecule has 0 N–H and O–H groups in total. The summed E-state index contributed by atoms with van der Waals surface area (Å²) in [6.07, 6.45) is 4.44. The van der Waals surface area contributed by atoms with Crippen LogP contribution in [0.5, 0.6) is 0 Å². The Morgan fingerprint density at radius 2 is 2.26 bits per heavy atom. The predicted molar refractivity (Wildman–Crippen MR) is 75.6 cm³/mol. The van der Waals surface area contributed by atoms with Crippen LogP contribution in [0.4, 0.5) is 0 Å². The summed E-state index contributed by atoms with van der Waals surface area (Å²) >= 11 is 7.66. The van der Waals surface area contributed by atoms with Crippen molar-refractivity contribution in [2.45, 2.75) is 18.5 Å². The summed E-state index contributed by atoms with van der Waals surface area (Å²) in [5.74, 6) is -0.285. The van der Waals surface area contributed by atoms with Crippen molar-refractivity contribution in [1.29, 1.82) is 0 Å². The minimum Gasteiger partial charge on any atom is -0.466 e. The van der Waals surface area contributed by atoms with Gasteiger partial charge in [-0.15, -0.1) is 0 Å². The zero-order valence-corrected chi connectivity index (χ0v) is 12.5. The zero-order chi connectivity index (χ0) is 14.0. The highest BCUT2D eigenvalue weighted by Gasteiger charge is 2.14. The normalized spacial score (nSPS) is 10.9. The Kier molecular flexibility index (Phi) is 4.31. The van der Waals surface area contributed by atoms with Gasteiger partial charge in [0.2, 0.25) is 0 Å². The van der Waals surface area contributed by atoms with Crippen molar-refractivity contribution in [3.05, 3.63) is 16.9 Å². The Labute approximate surface area is 120 Å². The highest BCUT2D eigenvalue weighted by atomic mass is 35.5. The van der Waals surface area contributed by atoms with Gasteiger partial charge in [-0.25, -0.2) is 9.97 Å². The molecule has 0 aliphatic carbocycles. The maximum absolute atomic E-state index is 10.8. The van der Waals surface area contributed by atoms with Gasteiger partial charge in [0.05, 0.1) is 12.0 Å². The lowest BCUT2D eigenvalue weighted by molar-refractivity contribution is -0.140. The Morgan fingerprint density at radius 3 is 2.89 bits per heavy atom. The van der Waals surface area contributed by atoms with Crippen molar-refractivity contribution in [2.75, 3.05) is 12.9 Å². The number of ether oxygens (including phenoxy) is 1. The van der Waals surface area contributed by atoms with Crippen LogP contribution in [-0.4, -0.2) is 33.4 Å². The summed E-state index contributed by atoms with van der Waals surface area (Å²) < 4.78 is 6.86. The van der Waals surface area contributed by atoms with Crippen LogP contribution in [0, 0.1) is 0 Å². The third kappa shape index (κ3) is 3.01. The monoisotopic (exact) mass is 299 g/mol. The van der Waals surface area contributed by atoms with Crippen LogP contribution < -0.4 is 0 Å². The Morgan fingerprint density at radius 1 is 1.53 bits per heavy atom. The van der Waals surface area contributed by atoms with Crippen molar-refractivity contribution in [1.82, 2.24) is 14.5 Å². The van der Waals surface area contributed by atoms with E-state index in [4.69, 9.17) is 16.3 Å². The molecule has 0 aliphatic rings. The van der Waals surface area contributed by atoms with Gasteiger partial charge in [0.15, 0.2) is 5.16 Å². The summed E-state index contributed by atoms with van der Waals surface area (Å²) in [7, 11) is 1.91. The minimum absolute atomic E-state index is 0.285. The number of hydrogen-bond acceptors (Lipinski definition) is 5. The number of nitrogens with zero attached hydrogens (tertiary/aromatic N) is 3. The fourth-order valence-electron chi connectivity index (χ4n) is 1.88. The Balaban J connectivity index is 2.37. The molecule has 102 valence electrons. The number of esters is 1. The molecule has 0 atom stereocenters. The van der Waals surface area contributed by atoms with Gasteiger partial charge < -0.3 is 9.30 Å². The highest BCUT2D eigenvalue weighted by Crippen LogP contribution is 2.28. The molecule has 2 rings (SSSR count). The topological polar surface area (TPSA) is 57.0 Å². The molecule has 0 saturated carbocycles. The van der Waals surface area contributed by atoms with E-state index in [9.17, 15) is 4.79 Å². The smallest absolute Gasteiger partial charge is 0.302 e. The van der Waals surface area contributed by atoms with E-state index < -0.39 is 0 Å². The molecule has 0 spiro atoms. The van der Waals surface area contributed by atoms with Crippen molar-refractivity contribution in [3.63, 3.8) is 0 Å². The summed E-state index contributed by atoms with van der Waals surface area (Å²) in [6, 6.07) is 0. The van der Waals surface area contributed by atoms with E-state index in [-0.39, 0.29) is 5.97 Å². The van der Waals surface area contributed by atoms with E-state index in [0.29, 0.717) is 23.3 Å². The van der Waals surface area contributed by atoms with E-state index in [1.165, 1.54) is 18.7 Å². The van der Waals surface area contributed by atoms with Crippen LogP contribution in [0.3, 0.4) is 0 Å². The molecule has 0 bridgehead atoms. The quantitative estimate of drug-likeness (QED) is 0.376. The maximum atomic E-state index is 10.8. The largest absolute Gasteiger partial charge is 0.466 e. The molecule has 0 amide bonds.